The number of halogens is 1. The van der Waals surface area contributed by atoms with E-state index >= 15 is 0 Å². The number of rotatable bonds is 7. The molecule has 0 bridgehead atoms. The second-order valence-electron chi connectivity index (χ2n) is 9.06. The van der Waals surface area contributed by atoms with Crippen molar-refractivity contribution in [3.05, 3.63) is 99.6 Å². The lowest BCUT2D eigenvalue weighted by atomic mass is 9.85. The molecule has 0 spiro atoms. The minimum absolute atomic E-state index is 0.0432. The van der Waals surface area contributed by atoms with Gasteiger partial charge < -0.3 is 10.1 Å². The van der Waals surface area contributed by atoms with Crippen molar-refractivity contribution >= 4 is 29.0 Å². The van der Waals surface area contributed by atoms with Gasteiger partial charge >= 0.3 is 0 Å². The summed E-state index contributed by atoms with van der Waals surface area (Å²) in [6, 6.07) is 20.0. The summed E-state index contributed by atoms with van der Waals surface area (Å²) in [6.45, 7) is 4.54. The number of ketones is 1. The van der Waals surface area contributed by atoms with Crippen molar-refractivity contribution in [2.45, 2.75) is 38.8 Å². The number of nitrogens with one attached hydrogen (secondary N) is 1. The van der Waals surface area contributed by atoms with Gasteiger partial charge in [0.05, 0.1) is 24.8 Å². The summed E-state index contributed by atoms with van der Waals surface area (Å²) in [5, 5.41) is 3.54. The number of methoxy groups -OCH3 is 1. The van der Waals surface area contributed by atoms with Gasteiger partial charge in [-0.3, -0.25) is 14.6 Å². The van der Waals surface area contributed by atoms with E-state index in [9.17, 15) is 9.59 Å². The zero-order chi connectivity index (χ0) is 24.3. The van der Waals surface area contributed by atoms with Crippen LogP contribution in [-0.2, 0) is 13.0 Å². The molecule has 174 valence electrons. The second kappa shape index (κ2) is 9.82. The van der Waals surface area contributed by atoms with Crippen LogP contribution in [0.1, 0.15) is 57.7 Å². The maximum Gasteiger partial charge on any atom is 0.251 e. The average Bonchev–Trinajstić information content (AvgIpc) is 2.82. The van der Waals surface area contributed by atoms with Gasteiger partial charge in [0.1, 0.15) is 5.75 Å². The molecular weight excluding hydrogens is 448 g/mol. The molecule has 0 saturated carbocycles. The van der Waals surface area contributed by atoms with E-state index in [0.29, 0.717) is 22.7 Å². The van der Waals surface area contributed by atoms with E-state index in [-0.39, 0.29) is 23.7 Å². The average molecular weight is 475 g/mol. The molecule has 0 aromatic heterocycles. The van der Waals surface area contributed by atoms with Crippen LogP contribution in [0.5, 0.6) is 5.75 Å². The van der Waals surface area contributed by atoms with Crippen molar-refractivity contribution in [2.24, 2.45) is 4.99 Å². The van der Waals surface area contributed by atoms with Gasteiger partial charge in [-0.15, -0.1) is 0 Å². The topological polar surface area (TPSA) is 67.8 Å². The van der Waals surface area contributed by atoms with Gasteiger partial charge in [0, 0.05) is 28.3 Å². The van der Waals surface area contributed by atoms with E-state index < -0.39 is 0 Å². The van der Waals surface area contributed by atoms with Gasteiger partial charge in [0.2, 0.25) is 0 Å². The Kier molecular flexibility index (Phi) is 6.85. The normalized spacial score (nSPS) is 14.1. The largest absolute Gasteiger partial charge is 0.497 e. The molecule has 0 saturated heterocycles. The number of hydrogen-bond acceptors (Lipinski definition) is 4. The molecule has 0 aliphatic carbocycles. The summed E-state index contributed by atoms with van der Waals surface area (Å²) in [5.41, 5.74) is 4.61. The predicted octanol–water partition coefficient (Wildman–Crippen LogP) is 5.68. The van der Waals surface area contributed by atoms with E-state index in [0.717, 1.165) is 34.6 Å². The standard InChI is InChI=1S/C28H27ClN2O3/c1-28(2)16-21-10-13-23(34-3)14-24(21)25(31-28)15-26(32)19-6-8-20(9-7-19)27(33)30-17-18-4-11-22(29)12-5-18/h4-14H,15-17H2,1-3H3,(H,30,33). The predicted molar refractivity (Wildman–Crippen MR) is 135 cm³/mol. The fourth-order valence-corrected chi connectivity index (χ4v) is 4.25. The smallest absolute Gasteiger partial charge is 0.251 e. The minimum atomic E-state index is -0.275. The van der Waals surface area contributed by atoms with Crippen molar-refractivity contribution < 1.29 is 14.3 Å². The quantitative estimate of drug-likeness (QED) is 0.448. The first-order valence-electron chi connectivity index (χ1n) is 11.2. The molecule has 0 fully saturated rings. The van der Waals surface area contributed by atoms with E-state index in [1.54, 1.807) is 43.5 Å². The van der Waals surface area contributed by atoms with E-state index in [1.165, 1.54) is 0 Å². The fraction of sp³-hybridized carbons (Fsp3) is 0.250. The van der Waals surface area contributed by atoms with Crippen LogP contribution in [-0.4, -0.2) is 30.1 Å². The van der Waals surface area contributed by atoms with E-state index in [4.69, 9.17) is 21.3 Å². The third-order valence-electron chi connectivity index (χ3n) is 5.85. The third kappa shape index (κ3) is 5.54. The lowest BCUT2D eigenvalue weighted by Gasteiger charge is -2.29. The van der Waals surface area contributed by atoms with Gasteiger partial charge in [0.25, 0.3) is 5.91 Å². The summed E-state index contributed by atoms with van der Waals surface area (Å²) in [6.07, 6.45) is 0.996. The van der Waals surface area contributed by atoms with Gasteiger partial charge in [-0.1, -0.05) is 41.9 Å². The number of benzene rings is 3. The highest BCUT2D eigenvalue weighted by Gasteiger charge is 2.28. The number of aliphatic imine (C=N–C) groups is 1. The lowest BCUT2D eigenvalue weighted by molar-refractivity contribution is 0.0948. The van der Waals surface area contributed by atoms with Crippen LogP contribution in [0.4, 0.5) is 0 Å². The van der Waals surface area contributed by atoms with Crippen molar-refractivity contribution in [2.75, 3.05) is 7.11 Å². The van der Waals surface area contributed by atoms with Crippen LogP contribution in [0.3, 0.4) is 0 Å². The second-order valence-corrected chi connectivity index (χ2v) is 9.49. The molecule has 0 atom stereocenters. The molecule has 1 aliphatic heterocycles. The molecule has 3 aromatic carbocycles. The number of carbonyl (C=O) groups is 2. The Morgan fingerprint density at radius 2 is 1.68 bits per heavy atom. The third-order valence-corrected chi connectivity index (χ3v) is 6.10. The summed E-state index contributed by atoms with van der Waals surface area (Å²) < 4.78 is 5.38. The maximum atomic E-state index is 13.1. The Bertz CT molecular complexity index is 1250. The number of hydrogen-bond donors (Lipinski definition) is 1. The molecule has 3 aromatic rings. The minimum Gasteiger partial charge on any atom is -0.497 e. The molecule has 1 aliphatic rings. The zero-order valence-corrected chi connectivity index (χ0v) is 20.3. The van der Waals surface area contributed by atoms with Gasteiger partial charge in [-0.2, -0.15) is 0 Å². The van der Waals surface area contributed by atoms with Crippen molar-refractivity contribution in [3.8, 4) is 5.75 Å². The number of nitrogens with zero attached hydrogens (tertiary/aromatic N) is 1. The van der Waals surface area contributed by atoms with Crippen LogP contribution in [0.2, 0.25) is 5.02 Å². The summed E-state index contributed by atoms with van der Waals surface area (Å²) in [4.78, 5) is 30.5. The summed E-state index contributed by atoms with van der Waals surface area (Å²) in [5.74, 6) is 0.499. The molecule has 4 rings (SSSR count). The molecular formula is C28H27ClN2O3. The lowest BCUT2D eigenvalue weighted by Crippen LogP contribution is -2.30. The Labute approximate surface area is 204 Å². The maximum absolute atomic E-state index is 13.1. The Morgan fingerprint density at radius 1 is 1.00 bits per heavy atom. The van der Waals surface area contributed by atoms with Gasteiger partial charge in [-0.25, -0.2) is 0 Å². The monoisotopic (exact) mass is 474 g/mol. The Balaban J connectivity index is 1.45. The Morgan fingerprint density at radius 3 is 2.35 bits per heavy atom. The molecule has 5 nitrogen and oxygen atoms in total. The summed E-state index contributed by atoms with van der Waals surface area (Å²) >= 11 is 5.90. The van der Waals surface area contributed by atoms with Crippen LogP contribution in [0.15, 0.2) is 71.7 Å². The molecule has 6 heteroatoms. The first kappa shape index (κ1) is 23.7. The first-order chi connectivity index (χ1) is 16.2. The molecule has 1 amide bonds. The highest BCUT2D eigenvalue weighted by Crippen LogP contribution is 2.31. The molecule has 0 unspecified atom stereocenters. The Hall–Kier alpha value is -3.44. The van der Waals surface area contributed by atoms with Crippen LogP contribution in [0, 0.1) is 0 Å². The van der Waals surface area contributed by atoms with Gasteiger partial charge in [0.15, 0.2) is 5.78 Å². The van der Waals surface area contributed by atoms with Gasteiger partial charge in [-0.05, 0) is 67.8 Å². The van der Waals surface area contributed by atoms with Crippen LogP contribution < -0.4 is 10.1 Å². The van der Waals surface area contributed by atoms with Crippen LogP contribution in [0.25, 0.3) is 0 Å². The SMILES string of the molecule is COc1ccc2c(c1)C(CC(=O)c1ccc(C(=O)NCc3ccc(Cl)cc3)cc1)=NC(C)(C)C2. The molecule has 34 heavy (non-hydrogen) atoms. The highest BCUT2D eigenvalue weighted by atomic mass is 35.5. The van der Waals surface area contributed by atoms with Crippen LogP contribution >= 0.6 is 11.6 Å². The highest BCUT2D eigenvalue weighted by molar-refractivity contribution is 6.30. The molecule has 1 heterocycles. The number of ether oxygens (including phenoxy) is 1. The number of fused-ring (bicyclic) bond motifs is 1. The van der Waals surface area contributed by atoms with Crippen molar-refractivity contribution in [1.29, 1.82) is 0 Å². The zero-order valence-electron chi connectivity index (χ0n) is 19.5. The fourth-order valence-electron chi connectivity index (χ4n) is 4.12. The number of Topliss-reactive ketones (excluding diaryl/α,β-unsaturated/α-hetero) is 1. The number of carbonyl (C=O) groups excluding carboxylic acids is 2. The van der Waals surface area contributed by atoms with E-state index in [2.05, 4.69) is 19.2 Å². The first-order valence-corrected chi connectivity index (χ1v) is 11.5. The molecule has 1 N–H and O–H groups in total. The molecule has 0 radical (unpaired) electrons. The summed E-state index contributed by atoms with van der Waals surface area (Å²) in [7, 11) is 1.63. The van der Waals surface area contributed by atoms with Crippen molar-refractivity contribution in [3.63, 3.8) is 0 Å². The number of amides is 1. The van der Waals surface area contributed by atoms with Crippen molar-refractivity contribution in [1.82, 2.24) is 5.32 Å². The van der Waals surface area contributed by atoms with E-state index in [1.807, 2.05) is 30.3 Å².